The maximum atomic E-state index is 11.1. The van der Waals surface area contributed by atoms with Crippen molar-refractivity contribution in [2.75, 3.05) is 19.4 Å². The zero-order valence-electron chi connectivity index (χ0n) is 10.2. The molecule has 0 saturated carbocycles. The fraction of sp³-hybridized carbons (Fsp3) is 0.200. The zero-order chi connectivity index (χ0) is 14.4. The molecule has 0 aliphatic rings. The predicted octanol–water partition coefficient (Wildman–Crippen LogP) is 1.06. The molecule has 0 atom stereocenters. The first-order chi connectivity index (χ1) is 8.97. The van der Waals surface area contributed by atoms with Gasteiger partial charge in [0.1, 0.15) is 0 Å². The predicted molar refractivity (Wildman–Crippen MR) is 66.3 cm³/mol. The number of amides is 3. The molecule has 0 aliphatic heterocycles. The van der Waals surface area contributed by atoms with Crippen LogP contribution in [0.25, 0.3) is 0 Å². The fourth-order valence-corrected chi connectivity index (χ4v) is 1.17. The number of urea groups is 1. The van der Waals surface area contributed by atoms with Gasteiger partial charge in [0.25, 0.3) is 0 Å². The Morgan fingerprint density at radius 1 is 1.26 bits per heavy atom. The standard InChI is InChI=1S/C10H12N4O5/c1-11-9(15)13-6-3-4-8(19-10(16)12-2)7(5-6)14(17)18/h3-5H,1-2H3,(H,12,16)(H2,11,13,15). The molecule has 3 amide bonds. The van der Waals surface area contributed by atoms with Crippen LogP contribution in [0.1, 0.15) is 0 Å². The van der Waals surface area contributed by atoms with E-state index in [1.807, 2.05) is 0 Å². The van der Waals surface area contributed by atoms with Crippen LogP contribution in [0.4, 0.5) is 21.0 Å². The summed E-state index contributed by atoms with van der Waals surface area (Å²) in [4.78, 5) is 32.3. The van der Waals surface area contributed by atoms with E-state index in [4.69, 9.17) is 4.74 Å². The number of carbonyl (C=O) groups is 2. The highest BCUT2D eigenvalue weighted by Gasteiger charge is 2.18. The van der Waals surface area contributed by atoms with Gasteiger partial charge >= 0.3 is 17.8 Å². The van der Waals surface area contributed by atoms with Crippen molar-refractivity contribution in [3.05, 3.63) is 28.3 Å². The molecule has 1 aromatic rings. The summed E-state index contributed by atoms with van der Waals surface area (Å²) >= 11 is 0. The van der Waals surface area contributed by atoms with Gasteiger partial charge < -0.3 is 20.7 Å². The van der Waals surface area contributed by atoms with Gasteiger partial charge in [0, 0.05) is 25.8 Å². The molecule has 102 valence electrons. The van der Waals surface area contributed by atoms with Crippen molar-refractivity contribution in [2.45, 2.75) is 0 Å². The molecule has 0 saturated heterocycles. The van der Waals surface area contributed by atoms with Crippen LogP contribution in [0.2, 0.25) is 0 Å². The molecule has 0 bridgehead atoms. The van der Waals surface area contributed by atoms with Gasteiger partial charge in [0.05, 0.1) is 4.92 Å². The number of nitro benzene ring substituents is 1. The summed E-state index contributed by atoms with van der Waals surface area (Å²) < 4.78 is 4.72. The van der Waals surface area contributed by atoms with Crippen molar-refractivity contribution in [3.63, 3.8) is 0 Å². The Hall–Kier alpha value is -2.84. The highest BCUT2D eigenvalue weighted by molar-refractivity contribution is 5.89. The number of nitrogens with zero attached hydrogens (tertiary/aromatic N) is 1. The maximum Gasteiger partial charge on any atom is 0.412 e. The molecule has 19 heavy (non-hydrogen) atoms. The first-order valence-corrected chi connectivity index (χ1v) is 5.14. The first kappa shape index (κ1) is 14.2. The number of nitrogens with one attached hydrogen (secondary N) is 3. The second-order valence-electron chi connectivity index (χ2n) is 3.28. The molecule has 0 heterocycles. The monoisotopic (exact) mass is 268 g/mol. The number of rotatable bonds is 3. The van der Waals surface area contributed by atoms with E-state index in [0.717, 1.165) is 6.07 Å². The minimum atomic E-state index is -0.824. The molecule has 0 aliphatic carbocycles. The molecule has 0 fully saturated rings. The van der Waals surface area contributed by atoms with Crippen LogP contribution in [0, 0.1) is 10.1 Å². The van der Waals surface area contributed by atoms with Crippen LogP contribution in [-0.2, 0) is 0 Å². The number of hydrogen-bond acceptors (Lipinski definition) is 5. The lowest BCUT2D eigenvalue weighted by atomic mass is 10.2. The second kappa shape index (κ2) is 6.19. The lowest BCUT2D eigenvalue weighted by Crippen LogP contribution is -2.24. The van der Waals surface area contributed by atoms with E-state index in [2.05, 4.69) is 16.0 Å². The second-order valence-corrected chi connectivity index (χ2v) is 3.28. The molecule has 0 radical (unpaired) electrons. The van der Waals surface area contributed by atoms with Gasteiger partial charge in [-0.15, -0.1) is 0 Å². The maximum absolute atomic E-state index is 11.1. The molecule has 0 aromatic heterocycles. The fourth-order valence-electron chi connectivity index (χ4n) is 1.17. The Morgan fingerprint density at radius 2 is 1.95 bits per heavy atom. The Labute approximate surface area is 108 Å². The molecule has 9 heteroatoms. The third-order valence-electron chi connectivity index (χ3n) is 2.05. The highest BCUT2D eigenvalue weighted by Crippen LogP contribution is 2.30. The van der Waals surface area contributed by atoms with Gasteiger partial charge in [0.15, 0.2) is 0 Å². The molecule has 1 aromatic carbocycles. The summed E-state index contributed by atoms with van der Waals surface area (Å²) in [6.07, 6.45) is -0.824. The first-order valence-electron chi connectivity index (χ1n) is 5.14. The third kappa shape index (κ3) is 3.84. The average molecular weight is 268 g/mol. The largest absolute Gasteiger partial charge is 0.412 e. The molecule has 0 unspecified atom stereocenters. The van der Waals surface area contributed by atoms with Crippen LogP contribution in [0.15, 0.2) is 18.2 Å². The SMILES string of the molecule is CNC(=O)Nc1ccc(OC(=O)NC)c([N+](=O)[O-])c1. The number of benzene rings is 1. The van der Waals surface area contributed by atoms with Gasteiger partial charge in [-0.1, -0.05) is 0 Å². The Bertz CT molecular complexity index is 517. The lowest BCUT2D eigenvalue weighted by Gasteiger charge is -2.07. The Kier molecular flexibility index (Phi) is 4.63. The van der Waals surface area contributed by atoms with Crippen LogP contribution < -0.4 is 20.7 Å². The van der Waals surface area contributed by atoms with E-state index in [1.165, 1.54) is 26.2 Å². The number of anilines is 1. The minimum Gasteiger partial charge on any atom is -0.403 e. The van der Waals surface area contributed by atoms with E-state index < -0.39 is 22.7 Å². The normalized spacial score (nSPS) is 9.37. The van der Waals surface area contributed by atoms with Crippen molar-refractivity contribution in [2.24, 2.45) is 0 Å². The van der Waals surface area contributed by atoms with Gasteiger partial charge in [-0.2, -0.15) is 0 Å². The molecular weight excluding hydrogens is 256 g/mol. The molecule has 9 nitrogen and oxygen atoms in total. The van der Waals surface area contributed by atoms with Crippen LogP contribution in [-0.4, -0.2) is 31.1 Å². The summed E-state index contributed by atoms with van der Waals surface area (Å²) in [7, 11) is 2.74. The van der Waals surface area contributed by atoms with Gasteiger partial charge in [0.2, 0.25) is 5.75 Å². The van der Waals surface area contributed by atoms with E-state index in [1.54, 1.807) is 0 Å². The highest BCUT2D eigenvalue weighted by atomic mass is 16.6. The van der Waals surface area contributed by atoms with Gasteiger partial charge in [-0.05, 0) is 12.1 Å². The van der Waals surface area contributed by atoms with E-state index in [-0.39, 0.29) is 11.4 Å². The molecular formula is C10H12N4O5. The minimum absolute atomic E-state index is 0.204. The van der Waals surface area contributed by atoms with E-state index >= 15 is 0 Å². The van der Waals surface area contributed by atoms with E-state index in [9.17, 15) is 19.7 Å². The summed E-state index contributed by atoms with van der Waals surface area (Å²) in [6.45, 7) is 0. The quantitative estimate of drug-likeness (QED) is 0.558. The summed E-state index contributed by atoms with van der Waals surface area (Å²) in [5, 5.41) is 17.7. The van der Waals surface area contributed by atoms with Crippen LogP contribution in [0.3, 0.4) is 0 Å². The number of carbonyl (C=O) groups excluding carboxylic acids is 2. The zero-order valence-corrected chi connectivity index (χ0v) is 10.2. The Morgan fingerprint density at radius 3 is 2.47 bits per heavy atom. The smallest absolute Gasteiger partial charge is 0.403 e. The van der Waals surface area contributed by atoms with Crippen LogP contribution in [0.5, 0.6) is 5.75 Å². The summed E-state index contributed by atoms with van der Waals surface area (Å²) in [6, 6.07) is 3.17. The molecule has 1 rings (SSSR count). The lowest BCUT2D eigenvalue weighted by molar-refractivity contribution is -0.385. The van der Waals surface area contributed by atoms with Gasteiger partial charge in [-0.3, -0.25) is 10.1 Å². The van der Waals surface area contributed by atoms with Crippen molar-refractivity contribution < 1.29 is 19.2 Å². The third-order valence-corrected chi connectivity index (χ3v) is 2.05. The Balaban J connectivity index is 3.04. The molecule has 3 N–H and O–H groups in total. The number of nitro groups is 1. The number of hydrogen-bond donors (Lipinski definition) is 3. The van der Waals surface area contributed by atoms with Crippen molar-refractivity contribution in [3.8, 4) is 5.75 Å². The summed E-state index contributed by atoms with van der Waals surface area (Å²) in [5.41, 5.74) is -0.229. The number of ether oxygens (including phenoxy) is 1. The average Bonchev–Trinajstić information content (AvgIpc) is 2.39. The van der Waals surface area contributed by atoms with Crippen LogP contribution >= 0.6 is 0 Å². The molecule has 0 spiro atoms. The van der Waals surface area contributed by atoms with Crippen molar-refractivity contribution >= 4 is 23.5 Å². The topological polar surface area (TPSA) is 123 Å². The van der Waals surface area contributed by atoms with Gasteiger partial charge in [-0.25, -0.2) is 9.59 Å². The van der Waals surface area contributed by atoms with E-state index in [0.29, 0.717) is 0 Å². The van der Waals surface area contributed by atoms with Crippen molar-refractivity contribution in [1.29, 1.82) is 0 Å². The van der Waals surface area contributed by atoms with Crippen molar-refractivity contribution in [1.82, 2.24) is 10.6 Å². The summed E-state index contributed by atoms with van der Waals surface area (Å²) in [5.74, 6) is -0.216.